The monoisotopic (exact) mass is 298 g/mol. The fraction of sp³-hybridized carbons (Fsp3) is 0.429. The molecule has 6 heteroatoms. The van der Waals surface area contributed by atoms with Crippen LogP contribution >= 0.6 is 11.6 Å². The molecule has 0 bridgehead atoms. The molecule has 110 valence electrons. The van der Waals surface area contributed by atoms with E-state index in [1.807, 2.05) is 13.8 Å². The van der Waals surface area contributed by atoms with Crippen molar-refractivity contribution in [3.8, 4) is 5.75 Å². The molecule has 0 aliphatic carbocycles. The molecule has 0 aliphatic rings. The standard InChI is InChI=1S/C14H19ClN2O3/c1-9(2)13(14(16)19)17-12(18)7-8-20-11-6-4-3-5-10(11)15/h3-6,9,13H,7-8H2,1-2H3,(H2,16,19)(H,17,18). The lowest BCUT2D eigenvalue weighted by Gasteiger charge is -2.18. The Balaban J connectivity index is 2.40. The Labute approximate surface area is 123 Å². The molecule has 1 aromatic rings. The van der Waals surface area contributed by atoms with Gasteiger partial charge in [-0.2, -0.15) is 0 Å². The summed E-state index contributed by atoms with van der Waals surface area (Å²) in [5.41, 5.74) is 5.22. The van der Waals surface area contributed by atoms with E-state index in [1.54, 1.807) is 24.3 Å². The molecule has 3 N–H and O–H groups in total. The molecule has 0 spiro atoms. The summed E-state index contributed by atoms with van der Waals surface area (Å²) in [6.07, 6.45) is 0.127. The summed E-state index contributed by atoms with van der Waals surface area (Å²) >= 11 is 5.92. The van der Waals surface area contributed by atoms with Crippen molar-refractivity contribution >= 4 is 23.4 Å². The second kappa shape index (κ2) is 7.75. The number of carbonyl (C=O) groups excluding carboxylic acids is 2. The van der Waals surface area contributed by atoms with Crippen molar-refractivity contribution < 1.29 is 14.3 Å². The van der Waals surface area contributed by atoms with Gasteiger partial charge < -0.3 is 15.8 Å². The van der Waals surface area contributed by atoms with E-state index in [-0.39, 0.29) is 24.9 Å². The van der Waals surface area contributed by atoms with Gasteiger partial charge >= 0.3 is 0 Å². The fourth-order valence-corrected chi connectivity index (χ4v) is 1.82. The van der Waals surface area contributed by atoms with Crippen molar-refractivity contribution in [1.82, 2.24) is 5.32 Å². The molecule has 0 heterocycles. The zero-order valence-corrected chi connectivity index (χ0v) is 12.3. The fourth-order valence-electron chi connectivity index (χ4n) is 1.63. The summed E-state index contributed by atoms with van der Waals surface area (Å²) in [7, 11) is 0. The van der Waals surface area contributed by atoms with E-state index in [9.17, 15) is 9.59 Å². The van der Waals surface area contributed by atoms with Crippen LogP contribution in [0.5, 0.6) is 5.75 Å². The SMILES string of the molecule is CC(C)C(NC(=O)CCOc1ccccc1Cl)C(N)=O. The predicted octanol–water partition coefficient (Wildman–Crippen LogP) is 1.73. The number of ether oxygens (including phenoxy) is 1. The number of para-hydroxylation sites is 1. The van der Waals surface area contributed by atoms with Crippen LogP contribution in [0.3, 0.4) is 0 Å². The highest BCUT2D eigenvalue weighted by molar-refractivity contribution is 6.32. The largest absolute Gasteiger partial charge is 0.491 e. The number of halogens is 1. The first-order valence-corrected chi connectivity index (χ1v) is 6.75. The Bertz CT molecular complexity index is 477. The average molecular weight is 299 g/mol. The Morgan fingerprint density at radius 2 is 2.00 bits per heavy atom. The quantitative estimate of drug-likeness (QED) is 0.804. The Kier molecular flexibility index (Phi) is 6.31. The summed E-state index contributed by atoms with van der Waals surface area (Å²) in [5.74, 6) is -0.354. The van der Waals surface area contributed by atoms with Crippen molar-refractivity contribution in [1.29, 1.82) is 0 Å². The number of hydrogen-bond donors (Lipinski definition) is 2. The van der Waals surface area contributed by atoms with Crippen molar-refractivity contribution in [2.45, 2.75) is 26.3 Å². The zero-order chi connectivity index (χ0) is 15.1. The number of nitrogens with one attached hydrogen (secondary N) is 1. The molecule has 0 fully saturated rings. The van der Waals surface area contributed by atoms with Crippen LogP contribution in [-0.4, -0.2) is 24.5 Å². The van der Waals surface area contributed by atoms with Gasteiger partial charge in [-0.1, -0.05) is 37.6 Å². The van der Waals surface area contributed by atoms with Gasteiger partial charge in [0.15, 0.2) is 0 Å². The highest BCUT2D eigenvalue weighted by atomic mass is 35.5. The molecule has 20 heavy (non-hydrogen) atoms. The minimum atomic E-state index is -0.664. The van der Waals surface area contributed by atoms with Gasteiger partial charge in [0.2, 0.25) is 11.8 Å². The van der Waals surface area contributed by atoms with Gasteiger partial charge in [0, 0.05) is 0 Å². The topological polar surface area (TPSA) is 81.4 Å². The van der Waals surface area contributed by atoms with E-state index < -0.39 is 11.9 Å². The summed E-state index contributed by atoms with van der Waals surface area (Å²) < 4.78 is 5.40. The molecule has 1 unspecified atom stereocenters. The lowest BCUT2D eigenvalue weighted by atomic mass is 10.0. The molecule has 1 rings (SSSR count). The first-order chi connectivity index (χ1) is 9.41. The van der Waals surface area contributed by atoms with Gasteiger partial charge in [-0.15, -0.1) is 0 Å². The molecule has 0 aromatic heterocycles. The minimum Gasteiger partial charge on any atom is -0.491 e. The van der Waals surface area contributed by atoms with Crippen molar-refractivity contribution in [2.75, 3.05) is 6.61 Å². The van der Waals surface area contributed by atoms with Gasteiger partial charge in [-0.3, -0.25) is 9.59 Å². The van der Waals surface area contributed by atoms with Crippen LogP contribution in [0.1, 0.15) is 20.3 Å². The van der Waals surface area contributed by atoms with Gasteiger partial charge in [0.1, 0.15) is 11.8 Å². The van der Waals surface area contributed by atoms with Gasteiger partial charge in [0.25, 0.3) is 0 Å². The van der Waals surface area contributed by atoms with Crippen LogP contribution < -0.4 is 15.8 Å². The van der Waals surface area contributed by atoms with Crippen LogP contribution in [0.25, 0.3) is 0 Å². The third-order valence-corrected chi connectivity index (χ3v) is 3.03. The van der Waals surface area contributed by atoms with Crippen molar-refractivity contribution in [3.63, 3.8) is 0 Å². The number of nitrogens with two attached hydrogens (primary N) is 1. The summed E-state index contributed by atoms with van der Waals surface area (Å²) in [5, 5.41) is 3.08. The maximum atomic E-state index is 11.7. The number of rotatable bonds is 7. The van der Waals surface area contributed by atoms with Crippen LogP contribution in [0.2, 0.25) is 5.02 Å². The molecule has 0 saturated heterocycles. The minimum absolute atomic E-state index is 0.0547. The second-order valence-corrected chi connectivity index (χ2v) is 5.13. The van der Waals surface area contributed by atoms with Crippen LogP contribution in [0.15, 0.2) is 24.3 Å². The third-order valence-electron chi connectivity index (χ3n) is 2.71. The van der Waals surface area contributed by atoms with E-state index in [1.165, 1.54) is 0 Å². The smallest absolute Gasteiger partial charge is 0.240 e. The molecule has 0 radical (unpaired) electrons. The second-order valence-electron chi connectivity index (χ2n) is 4.72. The van der Waals surface area contributed by atoms with Crippen molar-refractivity contribution in [2.24, 2.45) is 11.7 Å². The Morgan fingerprint density at radius 3 is 2.55 bits per heavy atom. The summed E-state index contributed by atoms with van der Waals surface area (Å²) in [4.78, 5) is 22.9. The first kappa shape index (κ1) is 16.3. The van der Waals surface area contributed by atoms with Gasteiger partial charge in [-0.25, -0.2) is 0 Å². The molecule has 2 amide bonds. The van der Waals surface area contributed by atoms with Crippen LogP contribution in [0.4, 0.5) is 0 Å². The first-order valence-electron chi connectivity index (χ1n) is 6.37. The number of hydrogen-bond acceptors (Lipinski definition) is 3. The molecule has 1 aromatic carbocycles. The lowest BCUT2D eigenvalue weighted by molar-refractivity contribution is -0.128. The lowest BCUT2D eigenvalue weighted by Crippen LogP contribution is -2.47. The normalized spacial score (nSPS) is 12.0. The van der Waals surface area contributed by atoms with E-state index in [0.717, 1.165) is 0 Å². The molecular weight excluding hydrogens is 280 g/mol. The summed E-state index contributed by atoms with van der Waals surface area (Å²) in [6, 6.07) is 6.35. The average Bonchev–Trinajstić information content (AvgIpc) is 2.37. The number of amides is 2. The van der Waals surface area contributed by atoms with E-state index >= 15 is 0 Å². The Hall–Kier alpha value is -1.75. The number of primary amides is 1. The Morgan fingerprint density at radius 1 is 1.35 bits per heavy atom. The molecule has 5 nitrogen and oxygen atoms in total. The molecule has 1 atom stereocenters. The zero-order valence-electron chi connectivity index (χ0n) is 11.6. The van der Waals surface area contributed by atoms with E-state index in [4.69, 9.17) is 22.1 Å². The highest BCUT2D eigenvalue weighted by Crippen LogP contribution is 2.22. The highest BCUT2D eigenvalue weighted by Gasteiger charge is 2.21. The third kappa shape index (κ3) is 5.09. The number of benzene rings is 1. The maximum Gasteiger partial charge on any atom is 0.240 e. The van der Waals surface area contributed by atoms with E-state index in [0.29, 0.717) is 10.8 Å². The van der Waals surface area contributed by atoms with Crippen molar-refractivity contribution in [3.05, 3.63) is 29.3 Å². The van der Waals surface area contributed by atoms with Crippen LogP contribution in [-0.2, 0) is 9.59 Å². The maximum absolute atomic E-state index is 11.7. The van der Waals surface area contributed by atoms with Gasteiger partial charge in [-0.05, 0) is 18.1 Å². The molecule has 0 aliphatic heterocycles. The van der Waals surface area contributed by atoms with Gasteiger partial charge in [0.05, 0.1) is 18.1 Å². The van der Waals surface area contributed by atoms with Crippen LogP contribution in [0, 0.1) is 5.92 Å². The summed E-state index contributed by atoms with van der Waals surface area (Å²) in [6.45, 7) is 3.81. The van der Waals surface area contributed by atoms with E-state index in [2.05, 4.69) is 5.32 Å². The molecular formula is C14H19ClN2O3. The molecule has 0 saturated carbocycles. The number of carbonyl (C=O) groups is 2. The predicted molar refractivity (Wildman–Crippen MR) is 77.5 cm³/mol.